The number of halogens is 1. The topological polar surface area (TPSA) is 86.8 Å². The lowest BCUT2D eigenvalue weighted by atomic mass is 9.99. The molecular formula is C17H17FN6O. The van der Waals surface area contributed by atoms with Crippen molar-refractivity contribution in [3.05, 3.63) is 47.8 Å². The van der Waals surface area contributed by atoms with Gasteiger partial charge in [-0.1, -0.05) is 6.07 Å². The van der Waals surface area contributed by atoms with Gasteiger partial charge in [-0.2, -0.15) is 0 Å². The van der Waals surface area contributed by atoms with E-state index < -0.39 is 0 Å². The average molecular weight is 340 g/mol. The van der Waals surface area contributed by atoms with Gasteiger partial charge < -0.3 is 15.2 Å². The maximum absolute atomic E-state index is 13.7. The van der Waals surface area contributed by atoms with E-state index in [-0.39, 0.29) is 17.8 Å². The fourth-order valence-corrected chi connectivity index (χ4v) is 3.23. The third-order valence-corrected chi connectivity index (χ3v) is 4.51. The molecule has 0 bridgehead atoms. The molecule has 1 amide bonds. The molecule has 7 nitrogen and oxygen atoms in total. The van der Waals surface area contributed by atoms with Crippen LogP contribution < -0.4 is 5.32 Å². The minimum Gasteiger partial charge on any atom is -0.361 e. The highest BCUT2D eigenvalue weighted by atomic mass is 19.1. The number of benzene rings is 1. The molecule has 0 fully saturated rings. The van der Waals surface area contributed by atoms with E-state index in [0.717, 1.165) is 16.6 Å². The molecule has 0 radical (unpaired) electrons. The van der Waals surface area contributed by atoms with Gasteiger partial charge in [-0.3, -0.25) is 4.79 Å². The number of hydrogen-bond acceptors (Lipinski definition) is 5. The highest BCUT2D eigenvalue weighted by Crippen LogP contribution is 2.31. The molecule has 128 valence electrons. The molecule has 3 heterocycles. The molecule has 3 aromatic rings. The van der Waals surface area contributed by atoms with Gasteiger partial charge in [0.15, 0.2) is 11.5 Å². The van der Waals surface area contributed by atoms with Gasteiger partial charge in [-0.25, -0.2) is 19.3 Å². The second-order valence-electron chi connectivity index (χ2n) is 6.09. The number of carbonyl (C=O) groups excluding carboxylic acids is 1. The predicted octanol–water partition coefficient (Wildman–Crippen LogP) is 2.40. The van der Waals surface area contributed by atoms with Crippen LogP contribution >= 0.6 is 0 Å². The van der Waals surface area contributed by atoms with Crippen LogP contribution in [0.5, 0.6) is 0 Å². The summed E-state index contributed by atoms with van der Waals surface area (Å²) < 4.78 is 13.7. The molecule has 1 aliphatic rings. The molecule has 1 atom stereocenters. The Labute approximate surface area is 143 Å². The van der Waals surface area contributed by atoms with Crippen molar-refractivity contribution in [3.63, 3.8) is 0 Å². The molecule has 25 heavy (non-hydrogen) atoms. The summed E-state index contributed by atoms with van der Waals surface area (Å²) in [5.41, 5.74) is 3.08. The van der Waals surface area contributed by atoms with Crippen molar-refractivity contribution < 1.29 is 9.18 Å². The second kappa shape index (κ2) is 6.12. The Morgan fingerprint density at radius 1 is 1.36 bits per heavy atom. The fourth-order valence-electron chi connectivity index (χ4n) is 3.23. The highest BCUT2D eigenvalue weighted by Gasteiger charge is 2.25. The number of H-pyrrole nitrogens is 1. The summed E-state index contributed by atoms with van der Waals surface area (Å²) in [5.74, 6) is 0.314. The molecule has 2 aromatic heterocycles. The van der Waals surface area contributed by atoms with E-state index in [0.29, 0.717) is 31.0 Å². The van der Waals surface area contributed by atoms with Gasteiger partial charge >= 0.3 is 0 Å². The van der Waals surface area contributed by atoms with E-state index in [9.17, 15) is 9.18 Å². The summed E-state index contributed by atoms with van der Waals surface area (Å²) >= 11 is 0. The highest BCUT2D eigenvalue weighted by molar-refractivity contribution is 5.82. The Bertz CT molecular complexity index is 940. The molecule has 0 aliphatic carbocycles. The van der Waals surface area contributed by atoms with Gasteiger partial charge in [0.05, 0.1) is 12.4 Å². The Kier molecular flexibility index (Phi) is 3.79. The molecule has 1 aromatic carbocycles. The number of amides is 1. The first-order valence-corrected chi connectivity index (χ1v) is 8.06. The number of fused-ring (bicyclic) bond motifs is 2. The van der Waals surface area contributed by atoms with Crippen LogP contribution in [0, 0.1) is 5.82 Å². The van der Waals surface area contributed by atoms with Crippen molar-refractivity contribution in [2.45, 2.75) is 25.9 Å². The zero-order valence-electron chi connectivity index (χ0n) is 13.7. The van der Waals surface area contributed by atoms with Crippen molar-refractivity contribution in [1.29, 1.82) is 0 Å². The lowest BCUT2D eigenvalue weighted by Crippen LogP contribution is -2.28. The van der Waals surface area contributed by atoms with E-state index >= 15 is 0 Å². The smallest absolute Gasteiger partial charge is 0.219 e. The summed E-state index contributed by atoms with van der Waals surface area (Å²) in [7, 11) is 0. The van der Waals surface area contributed by atoms with Gasteiger partial charge in [-0.15, -0.1) is 0 Å². The Balaban J connectivity index is 1.72. The van der Waals surface area contributed by atoms with Gasteiger partial charge in [0.25, 0.3) is 0 Å². The predicted molar refractivity (Wildman–Crippen MR) is 90.2 cm³/mol. The van der Waals surface area contributed by atoms with Crippen LogP contribution in [0.1, 0.15) is 30.5 Å². The van der Waals surface area contributed by atoms with Crippen LogP contribution in [0.2, 0.25) is 0 Å². The molecule has 8 heteroatoms. The number of nitrogens with one attached hydrogen (secondary N) is 2. The van der Waals surface area contributed by atoms with E-state index in [1.54, 1.807) is 17.3 Å². The normalized spacial score (nSPS) is 17.2. The maximum Gasteiger partial charge on any atom is 0.219 e. The van der Waals surface area contributed by atoms with Crippen LogP contribution in [0.15, 0.2) is 30.9 Å². The zero-order chi connectivity index (χ0) is 17.4. The van der Waals surface area contributed by atoms with Crippen molar-refractivity contribution in [2.24, 2.45) is 0 Å². The van der Waals surface area contributed by atoms with E-state index in [1.807, 2.05) is 0 Å². The molecule has 1 aliphatic heterocycles. The Morgan fingerprint density at radius 2 is 2.24 bits per heavy atom. The van der Waals surface area contributed by atoms with E-state index in [4.69, 9.17) is 0 Å². The number of carbonyl (C=O) groups is 1. The van der Waals surface area contributed by atoms with Gasteiger partial charge in [0.1, 0.15) is 17.7 Å². The SMILES string of the molecule is CC(=O)N1CC[C@@H](Nc2ncnc3nc[nH]c23)c2ccc(F)cc2C1. The Hall–Kier alpha value is -3.03. The van der Waals surface area contributed by atoms with Crippen LogP contribution in [-0.2, 0) is 11.3 Å². The number of aromatic amines is 1. The van der Waals surface area contributed by atoms with Crippen molar-refractivity contribution in [3.8, 4) is 0 Å². The molecule has 0 unspecified atom stereocenters. The molecule has 0 saturated carbocycles. The molecule has 4 rings (SSSR count). The number of rotatable bonds is 2. The summed E-state index contributed by atoms with van der Waals surface area (Å²) in [5, 5.41) is 3.40. The summed E-state index contributed by atoms with van der Waals surface area (Å²) in [4.78, 5) is 29.1. The van der Waals surface area contributed by atoms with Gasteiger partial charge in [-0.05, 0) is 29.7 Å². The minimum atomic E-state index is -0.305. The lowest BCUT2D eigenvalue weighted by molar-refractivity contribution is -0.129. The van der Waals surface area contributed by atoms with Crippen LogP contribution in [0.4, 0.5) is 10.2 Å². The van der Waals surface area contributed by atoms with Crippen molar-refractivity contribution in [1.82, 2.24) is 24.8 Å². The number of aromatic nitrogens is 4. The third kappa shape index (κ3) is 2.90. The standard InChI is InChI=1S/C17H17FN6O/c1-10(25)24-5-4-14(13-3-2-12(18)6-11(13)7-24)23-17-15-16(20-8-19-15)21-9-22-17/h2-3,6,8-9,14H,4-5,7H2,1H3,(H2,19,20,21,22,23)/t14-/m1/s1. The first-order chi connectivity index (χ1) is 12.1. The average Bonchev–Trinajstić information content (AvgIpc) is 3.00. The largest absolute Gasteiger partial charge is 0.361 e. The van der Waals surface area contributed by atoms with Gasteiger partial charge in [0.2, 0.25) is 5.91 Å². The first-order valence-electron chi connectivity index (χ1n) is 8.06. The zero-order valence-corrected chi connectivity index (χ0v) is 13.7. The fraction of sp³-hybridized carbons (Fsp3) is 0.294. The molecule has 2 N–H and O–H groups in total. The summed E-state index contributed by atoms with van der Waals surface area (Å²) in [6.45, 7) is 2.52. The number of nitrogens with zero attached hydrogens (tertiary/aromatic N) is 4. The van der Waals surface area contributed by atoms with E-state index in [1.165, 1.54) is 25.4 Å². The van der Waals surface area contributed by atoms with E-state index in [2.05, 4.69) is 25.3 Å². The summed E-state index contributed by atoms with van der Waals surface area (Å²) in [6.07, 6.45) is 3.71. The van der Waals surface area contributed by atoms with Crippen LogP contribution in [0.25, 0.3) is 11.2 Å². The third-order valence-electron chi connectivity index (χ3n) is 4.51. The Morgan fingerprint density at radius 3 is 3.08 bits per heavy atom. The first kappa shape index (κ1) is 15.5. The minimum absolute atomic E-state index is 0.0196. The molecule has 0 spiro atoms. The monoisotopic (exact) mass is 340 g/mol. The van der Waals surface area contributed by atoms with Crippen LogP contribution in [0.3, 0.4) is 0 Å². The number of anilines is 1. The quantitative estimate of drug-likeness (QED) is 0.748. The van der Waals surface area contributed by atoms with Crippen molar-refractivity contribution in [2.75, 3.05) is 11.9 Å². The van der Waals surface area contributed by atoms with Gasteiger partial charge in [0, 0.05) is 20.0 Å². The van der Waals surface area contributed by atoms with Crippen LogP contribution in [-0.4, -0.2) is 37.3 Å². The summed E-state index contributed by atoms with van der Waals surface area (Å²) in [6, 6.07) is 4.62. The molecule has 0 saturated heterocycles. The second-order valence-corrected chi connectivity index (χ2v) is 6.09. The number of hydrogen-bond donors (Lipinski definition) is 2. The van der Waals surface area contributed by atoms with Crippen molar-refractivity contribution >= 4 is 22.9 Å². The molecular weight excluding hydrogens is 323 g/mol. The number of imidazole rings is 1. The maximum atomic E-state index is 13.7. The lowest BCUT2D eigenvalue weighted by Gasteiger charge is -2.20.